The first-order valence-electron chi connectivity index (χ1n) is 9.11. The molecule has 0 heterocycles. The van der Waals surface area contributed by atoms with Crippen molar-refractivity contribution < 1.29 is 10.3 Å². The first kappa shape index (κ1) is 20.4. The van der Waals surface area contributed by atoms with Crippen molar-refractivity contribution in [1.82, 2.24) is 0 Å². The summed E-state index contributed by atoms with van der Waals surface area (Å²) in [5.41, 5.74) is 0. The van der Waals surface area contributed by atoms with Crippen LogP contribution in [0.3, 0.4) is 0 Å². The van der Waals surface area contributed by atoms with Crippen LogP contribution >= 0.6 is 0 Å². The van der Waals surface area contributed by atoms with Gasteiger partial charge < -0.3 is 10.3 Å². The Morgan fingerprint density at radius 3 is 1.76 bits per heavy atom. The van der Waals surface area contributed by atoms with Crippen LogP contribution in [0.15, 0.2) is 5.16 Å². The summed E-state index contributed by atoms with van der Waals surface area (Å²) < 4.78 is 0. The maximum Gasteiger partial charge on any atom is 0.0619 e. The average Bonchev–Trinajstić information content (AvgIpc) is 2.49. The fourth-order valence-corrected chi connectivity index (χ4v) is 2.78. The lowest BCUT2D eigenvalue weighted by molar-refractivity contribution is 0.120. The molecule has 3 heteroatoms. The standard InChI is InChI=1S/C18H37NO2/c1-3-5-7-9-11-13-15-18(20)17(16-19-21)14-12-10-8-6-4-2/h16-18,20-21H,3-15H2,1-2H3/b19-16+. The number of unbranched alkanes of at least 4 members (excludes halogenated alkanes) is 9. The van der Waals surface area contributed by atoms with Crippen molar-refractivity contribution >= 4 is 6.21 Å². The SMILES string of the molecule is CCCCCCCCC(O)C(/C=N/O)CCCCCCC. The van der Waals surface area contributed by atoms with Crippen LogP contribution in [0.25, 0.3) is 0 Å². The summed E-state index contributed by atoms with van der Waals surface area (Å²) in [5.74, 6) is 0.0206. The van der Waals surface area contributed by atoms with Crippen molar-refractivity contribution in [2.24, 2.45) is 11.1 Å². The zero-order valence-electron chi connectivity index (χ0n) is 14.3. The molecule has 2 atom stereocenters. The maximum absolute atomic E-state index is 10.2. The summed E-state index contributed by atoms with van der Waals surface area (Å²) in [5, 5.41) is 22.2. The van der Waals surface area contributed by atoms with Gasteiger partial charge in [0, 0.05) is 12.1 Å². The van der Waals surface area contributed by atoms with Crippen molar-refractivity contribution in [1.29, 1.82) is 0 Å². The quantitative estimate of drug-likeness (QED) is 0.181. The van der Waals surface area contributed by atoms with Crippen molar-refractivity contribution in [3.63, 3.8) is 0 Å². The molecule has 0 saturated carbocycles. The summed E-state index contributed by atoms with van der Waals surface area (Å²) >= 11 is 0. The molecule has 126 valence electrons. The van der Waals surface area contributed by atoms with Crippen molar-refractivity contribution in [2.75, 3.05) is 0 Å². The zero-order chi connectivity index (χ0) is 15.8. The highest BCUT2D eigenvalue weighted by Gasteiger charge is 2.16. The molecule has 0 radical (unpaired) electrons. The van der Waals surface area contributed by atoms with Gasteiger partial charge in [0.1, 0.15) is 0 Å². The van der Waals surface area contributed by atoms with Gasteiger partial charge in [0.25, 0.3) is 0 Å². The van der Waals surface area contributed by atoms with Crippen LogP contribution in [0.5, 0.6) is 0 Å². The molecule has 2 unspecified atom stereocenters. The predicted molar refractivity (Wildman–Crippen MR) is 91.1 cm³/mol. The van der Waals surface area contributed by atoms with Crippen molar-refractivity contribution in [3.05, 3.63) is 0 Å². The van der Waals surface area contributed by atoms with Gasteiger partial charge >= 0.3 is 0 Å². The van der Waals surface area contributed by atoms with E-state index in [1.54, 1.807) is 0 Å². The summed E-state index contributed by atoms with van der Waals surface area (Å²) in [6.45, 7) is 4.44. The molecule has 0 amide bonds. The third kappa shape index (κ3) is 12.9. The fraction of sp³-hybridized carbons (Fsp3) is 0.944. The number of rotatable bonds is 15. The molecular formula is C18H37NO2. The van der Waals surface area contributed by atoms with Gasteiger partial charge in [0.15, 0.2) is 0 Å². The second kappa shape index (κ2) is 15.8. The van der Waals surface area contributed by atoms with E-state index in [1.807, 2.05) is 0 Å². The number of nitrogens with zero attached hydrogens (tertiary/aromatic N) is 1. The van der Waals surface area contributed by atoms with Gasteiger partial charge in [-0.3, -0.25) is 0 Å². The van der Waals surface area contributed by atoms with Gasteiger partial charge in [0.2, 0.25) is 0 Å². The Kier molecular flexibility index (Phi) is 15.4. The van der Waals surface area contributed by atoms with Crippen LogP contribution in [0.4, 0.5) is 0 Å². The second-order valence-electron chi connectivity index (χ2n) is 6.26. The van der Waals surface area contributed by atoms with E-state index in [0.717, 1.165) is 25.7 Å². The summed E-state index contributed by atoms with van der Waals surface area (Å²) in [4.78, 5) is 0. The van der Waals surface area contributed by atoms with E-state index >= 15 is 0 Å². The minimum Gasteiger partial charge on any atom is -0.411 e. The van der Waals surface area contributed by atoms with Crippen molar-refractivity contribution in [3.8, 4) is 0 Å². The largest absolute Gasteiger partial charge is 0.411 e. The van der Waals surface area contributed by atoms with Gasteiger partial charge in [-0.25, -0.2) is 0 Å². The van der Waals surface area contributed by atoms with Crippen LogP contribution in [0.1, 0.15) is 97.3 Å². The van der Waals surface area contributed by atoms with Gasteiger partial charge in [-0.05, 0) is 12.8 Å². The number of hydrogen-bond acceptors (Lipinski definition) is 3. The highest BCUT2D eigenvalue weighted by Crippen LogP contribution is 2.18. The number of aliphatic hydroxyl groups excluding tert-OH is 1. The van der Waals surface area contributed by atoms with E-state index in [9.17, 15) is 5.11 Å². The van der Waals surface area contributed by atoms with Gasteiger partial charge in [-0.2, -0.15) is 0 Å². The molecule has 0 bridgehead atoms. The molecule has 21 heavy (non-hydrogen) atoms. The highest BCUT2D eigenvalue weighted by molar-refractivity contribution is 5.60. The lowest BCUT2D eigenvalue weighted by atomic mass is 9.92. The number of aliphatic hydroxyl groups is 1. The molecule has 0 spiro atoms. The zero-order valence-corrected chi connectivity index (χ0v) is 14.3. The Balaban J connectivity index is 3.76. The Hall–Kier alpha value is -0.570. The van der Waals surface area contributed by atoms with Gasteiger partial charge in [-0.1, -0.05) is 84.5 Å². The Bertz CT molecular complexity index is 231. The van der Waals surface area contributed by atoms with Gasteiger partial charge in [0.05, 0.1) is 6.10 Å². The topological polar surface area (TPSA) is 52.8 Å². The minimum atomic E-state index is -0.349. The van der Waals surface area contributed by atoms with Crippen LogP contribution in [-0.2, 0) is 0 Å². The summed E-state index contributed by atoms with van der Waals surface area (Å²) in [6, 6.07) is 0. The Morgan fingerprint density at radius 2 is 1.24 bits per heavy atom. The molecular weight excluding hydrogens is 262 g/mol. The second-order valence-corrected chi connectivity index (χ2v) is 6.26. The first-order chi connectivity index (χ1) is 10.3. The molecule has 0 aliphatic rings. The van der Waals surface area contributed by atoms with E-state index in [0.29, 0.717) is 0 Å². The van der Waals surface area contributed by atoms with E-state index in [2.05, 4.69) is 19.0 Å². The molecule has 0 aromatic rings. The number of oxime groups is 1. The number of hydrogen-bond donors (Lipinski definition) is 2. The van der Waals surface area contributed by atoms with Crippen LogP contribution in [0.2, 0.25) is 0 Å². The third-order valence-corrected chi connectivity index (χ3v) is 4.25. The van der Waals surface area contributed by atoms with Crippen LogP contribution < -0.4 is 0 Å². The molecule has 0 aromatic carbocycles. The van der Waals surface area contributed by atoms with E-state index in [1.165, 1.54) is 64.0 Å². The first-order valence-corrected chi connectivity index (χ1v) is 9.11. The Labute approximate surface area is 131 Å². The van der Waals surface area contributed by atoms with Crippen LogP contribution in [-0.4, -0.2) is 22.6 Å². The molecule has 0 aromatic heterocycles. The molecule has 3 nitrogen and oxygen atoms in total. The Morgan fingerprint density at radius 1 is 0.762 bits per heavy atom. The maximum atomic E-state index is 10.2. The van der Waals surface area contributed by atoms with Crippen molar-refractivity contribution in [2.45, 2.75) is 103 Å². The molecule has 2 N–H and O–H groups in total. The van der Waals surface area contributed by atoms with Crippen LogP contribution in [0, 0.1) is 5.92 Å². The lowest BCUT2D eigenvalue weighted by Crippen LogP contribution is -2.22. The predicted octanol–water partition coefficient (Wildman–Crippen LogP) is 5.53. The fourth-order valence-electron chi connectivity index (χ4n) is 2.78. The normalized spacial score (nSPS) is 14.6. The molecule has 0 fully saturated rings. The third-order valence-electron chi connectivity index (χ3n) is 4.25. The monoisotopic (exact) mass is 299 g/mol. The van der Waals surface area contributed by atoms with Gasteiger partial charge in [-0.15, -0.1) is 5.16 Å². The molecule has 0 rings (SSSR count). The summed E-state index contributed by atoms with van der Waals surface area (Å²) in [7, 11) is 0. The lowest BCUT2D eigenvalue weighted by Gasteiger charge is -2.18. The molecule has 0 aliphatic carbocycles. The molecule has 0 saturated heterocycles. The average molecular weight is 299 g/mol. The summed E-state index contributed by atoms with van der Waals surface area (Å²) in [6.07, 6.45) is 16.6. The minimum absolute atomic E-state index is 0.0206. The van der Waals surface area contributed by atoms with E-state index in [-0.39, 0.29) is 12.0 Å². The molecule has 0 aliphatic heterocycles. The highest BCUT2D eigenvalue weighted by atomic mass is 16.4. The smallest absolute Gasteiger partial charge is 0.0619 e. The van der Waals surface area contributed by atoms with E-state index < -0.39 is 0 Å². The van der Waals surface area contributed by atoms with E-state index in [4.69, 9.17) is 5.21 Å².